The molecule has 0 unspecified atom stereocenters. The second-order valence-electron chi connectivity index (χ2n) is 6.70. The van der Waals surface area contributed by atoms with Crippen LogP contribution in [-0.4, -0.2) is 43.7 Å². The molecule has 2 aromatic carbocycles. The van der Waals surface area contributed by atoms with Gasteiger partial charge in [-0.2, -0.15) is 0 Å². The van der Waals surface area contributed by atoms with Gasteiger partial charge in [0.25, 0.3) is 5.69 Å². The molecule has 2 N–H and O–H groups in total. The molecule has 0 aliphatic carbocycles. The minimum Gasteiger partial charge on any atom is -0.370 e. The maximum atomic E-state index is 12.6. The molecular formula is C20H24N3O4+. The first kappa shape index (κ1) is 19.0. The van der Waals surface area contributed by atoms with Gasteiger partial charge >= 0.3 is 0 Å². The van der Waals surface area contributed by atoms with Crippen LogP contribution in [0.1, 0.15) is 17.2 Å². The monoisotopic (exact) mass is 370 g/mol. The van der Waals surface area contributed by atoms with Crippen molar-refractivity contribution in [2.45, 2.75) is 12.5 Å². The highest BCUT2D eigenvalue weighted by molar-refractivity contribution is 5.79. The number of nitro groups is 1. The van der Waals surface area contributed by atoms with Crippen molar-refractivity contribution in [3.63, 3.8) is 0 Å². The quantitative estimate of drug-likeness (QED) is 0.560. The number of carbonyl (C=O) groups is 1. The lowest BCUT2D eigenvalue weighted by Crippen LogP contribution is -3.14. The fraction of sp³-hybridized carbons (Fsp3) is 0.350. The SMILES string of the molecule is O=C(Cc1ccc([N+](=O)[O-])cc1)N[C@@H](C[NH+]1CCOCC1)c1ccccc1. The van der Waals surface area contributed by atoms with Gasteiger partial charge in [0.05, 0.1) is 24.6 Å². The molecule has 1 fully saturated rings. The zero-order valence-corrected chi connectivity index (χ0v) is 15.1. The van der Waals surface area contributed by atoms with Gasteiger partial charge in [-0.25, -0.2) is 0 Å². The molecule has 1 aliphatic rings. The molecule has 2 aromatic rings. The van der Waals surface area contributed by atoms with Gasteiger partial charge in [0.2, 0.25) is 5.91 Å². The van der Waals surface area contributed by atoms with Crippen LogP contribution in [0.2, 0.25) is 0 Å². The Labute approximate surface area is 158 Å². The van der Waals surface area contributed by atoms with Crippen LogP contribution in [0, 0.1) is 10.1 Å². The summed E-state index contributed by atoms with van der Waals surface area (Å²) in [4.78, 5) is 24.3. The molecule has 1 atom stereocenters. The lowest BCUT2D eigenvalue weighted by molar-refractivity contribution is -0.909. The second kappa shape index (κ2) is 9.25. The third kappa shape index (κ3) is 5.60. The normalized spacial score (nSPS) is 15.9. The summed E-state index contributed by atoms with van der Waals surface area (Å²) in [5.41, 5.74) is 1.86. The van der Waals surface area contributed by atoms with E-state index in [4.69, 9.17) is 4.74 Å². The highest BCUT2D eigenvalue weighted by Gasteiger charge is 2.23. The predicted octanol–water partition coefficient (Wildman–Crippen LogP) is 0.910. The fourth-order valence-electron chi connectivity index (χ4n) is 3.26. The Morgan fingerprint density at radius 2 is 1.78 bits per heavy atom. The van der Waals surface area contributed by atoms with Gasteiger partial charge < -0.3 is 15.0 Å². The summed E-state index contributed by atoms with van der Waals surface area (Å²) in [7, 11) is 0. The van der Waals surface area contributed by atoms with Gasteiger partial charge in [0.1, 0.15) is 25.7 Å². The van der Waals surface area contributed by atoms with Crippen molar-refractivity contribution in [2.75, 3.05) is 32.8 Å². The van der Waals surface area contributed by atoms with Crippen molar-refractivity contribution >= 4 is 11.6 Å². The average molecular weight is 370 g/mol. The molecule has 0 radical (unpaired) electrons. The van der Waals surface area contributed by atoms with Gasteiger partial charge in [-0.05, 0) is 11.1 Å². The van der Waals surface area contributed by atoms with E-state index in [2.05, 4.69) is 5.32 Å². The first-order valence-electron chi connectivity index (χ1n) is 9.11. The maximum absolute atomic E-state index is 12.6. The standard InChI is InChI=1S/C20H23N3O4/c24-20(14-16-6-8-18(9-7-16)23(25)26)21-19(17-4-2-1-3-5-17)15-22-10-12-27-13-11-22/h1-9,19H,10-15H2,(H,21,24)/p+1/t19-/m0/s1. The lowest BCUT2D eigenvalue weighted by Gasteiger charge is -2.28. The number of ether oxygens (including phenoxy) is 1. The lowest BCUT2D eigenvalue weighted by atomic mass is 10.0. The first-order valence-corrected chi connectivity index (χ1v) is 9.11. The Morgan fingerprint density at radius 3 is 2.41 bits per heavy atom. The Balaban J connectivity index is 1.65. The number of benzene rings is 2. The third-order valence-corrected chi connectivity index (χ3v) is 4.74. The summed E-state index contributed by atoms with van der Waals surface area (Å²) in [6.45, 7) is 4.16. The second-order valence-corrected chi connectivity index (χ2v) is 6.70. The predicted molar refractivity (Wildman–Crippen MR) is 101 cm³/mol. The molecule has 7 heteroatoms. The van der Waals surface area contributed by atoms with Gasteiger partial charge in [-0.1, -0.05) is 42.5 Å². The van der Waals surface area contributed by atoms with E-state index in [0.29, 0.717) is 0 Å². The molecule has 0 aromatic heterocycles. The van der Waals surface area contributed by atoms with Crippen molar-refractivity contribution in [1.29, 1.82) is 0 Å². The largest absolute Gasteiger partial charge is 0.370 e. The summed E-state index contributed by atoms with van der Waals surface area (Å²) >= 11 is 0. The Hall–Kier alpha value is -2.77. The summed E-state index contributed by atoms with van der Waals surface area (Å²) in [5.74, 6) is -0.0923. The number of hydrogen-bond acceptors (Lipinski definition) is 4. The van der Waals surface area contributed by atoms with Crippen LogP contribution >= 0.6 is 0 Å². The fourth-order valence-corrected chi connectivity index (χ4v) is 3.26. The van der Waals surface area contributed by atoms with E-state index in [-0.39, 0.29) is 24.1 Å². The van der Waals surface area contributed by atoms with E-state index >= 15 is 0 Å². The number of nitro benzene ring substituents is 1. The van der Waals surface area contributed by atoms with Crippen molar-refractivity contribution in [1.82, 2.24) is 5.32 Å². The van der Waals surface area contributed by atoms with E-state index in [9.17, 15) is 14.9 Å². The average Bonchev–Trinajstić information content (AvgIpc) is 2.69. The number of carbonyl (C=O) groups excluding carboxylic acids is 1. The van der Waals surface area contributed by atoms with Crippen LogP contribution in [0.25, 0.3) is 0 Å². The minimum absolute atomic E-state index is 0.0252. The zero-order chi connectivity index (χ0) is 19.1. The van der Waals surface area contributed by atoms with Crippen LogP contribution in [0.15, 0.2) is 54.6 Å². The van der Waals surface area contributed by atoms with E-state index in [0.717, 1.165) is 44.0 Å². The molecule has 27 heavy (non-hydrogen) atoms. The van der Waals surface area contributed by atoms with Crippen LogP contribution in [0.3, 0.4) is 0 Å². The van der Waals surface area contributed by atoms with Crippen molar-refractivity contribution < 1.29 is 19.4 Å². The van der Waals surface area contributed by atoms with Crippen LogP contribution < -0.4 is 10.2 Å². The number of hydrogen-bond donors (Lipinski definition) is 2. The number of morpholine rings is 1. The molecule has 1 amide bonds. The molecule has 3 rings (SSSR count). The minimum atomic E-state index is -0.444. The third-order valence-electron chi connectivity index (χ3n) is 4.74. The summed E-state index contributed by atoms with van der Waals surface area (Å²) in [6.07, 6.45) is 0.194. The Kier molecular flexibility index (Phi) is 6.51. The van der Waals surface area contributed by atoms with Crippen molar-refractivity contribution in [2.24, 2.45) is 0 Å². The molecule has 0 saturated carbocycles. The van der Waals surface area contributed by atoms with Gasteiger partial charge in [-0.15, -0.1) is 0 Å². The topological polar surface area (TPSA) is 85.9 Å². The van der Waals surface area contributed by atoms with E-state index in [1.807, 2.05) is 30.3 Å². The molecule has 1 heterocycles. The molecule has 1 aliphatic heterocycles. The van der Waals surface area contributed by atoms with Gasteiger partial charge in [-0.3, -0.25) is 14.9 Å². The summed E-state index contributed by atoms with van der Waals surface area (Å²) in [5, 5.41) is 13.9. The Morgan fingerprint density at radius 1 is 1.11 bits per heavy atom. The molecule has 7 nitrogen and oxygen atoms in total. The first-order chi connectivity index (χ1) is 13.1. The van der Waals surface area contributed by atoms with E-state index in [1.165, 1.54) is 17.0 Å². The molecule has 142 valence electrons. The van der Waals surface area contributed by atoms with Crippen molar-refractivity contribution in [3.05, 3.63) is 75.8 Å². The summed E-state index contributed by atoms with van der Waals surface area (Å²) < 4.78 is 5.42. The van der Waals surface area contributed by atoms with Gasteiger partial charge in [0.15, 0.2) is 0 Å². The number of nitrogens with one attached hydrogen (secondary N) is 2. The highest BCUT2D eigenvalue weighted by atomic mass is 16.6. The molecular weight excluding hydrogens is 346 g/mol. The Bertz CT molecular complexity index is 759. The molecule has 1 saturated heterocycles. The number of nitrogens with zero attached hydrogens (tertiary/aromatic N) is 1. The molecule has 0 bridgehead atoms. The molecule has 0 spiro atoms. The highest BCUT2D eigenvalue weighted by Crippen LogP contribution is 2.14. The van der Waals surface area contributed by atoms with E-state index in [1.54, 1.807) is 12.1 Å². The van der Waals surface area contributed by atoms with Crippen LogP contribution in [-0.2, 0) is 16.0 Å². The maximum Gasteiger partial charge on any atom is 0.269 e. The number of amides is 1. The van der Waals surface area contributed by atoms with E-state index < -0.39 is 4.92 Å². The zero-order valence-electron chi connectivity index (χ0n) is 15.1. The van der Waals surface area contributed by atoms with Crippen molar-refractivity contribution in [3.8, 4) is 0 Å². The number of non-ortho nitro benzene ring substituents is 1. The number of quaternary nitrogens is 1. The van der Waals surface area contributed by atoms with Crippen LogP contribution in [0.5, 0.6) is 0 Å². The summed E-state index contributed by atoms with van der Waals surface area (Å²) in [6, 6.07) is 16.0. The van der Waals surface area contributed by atoms with Gasteiger partial charge in [0, 0.05) is 12.1 Å². The smallest absolute Gasteiger partial charge is 0.269 e. The number of rotatable bonds is 7. The van der Waals surface area contributed by atoms with Crippen LogP contribution in [0.4, 0.5) is 5.69 Å².